The third-order valence-corrected chi connectivity index (χ3v) is 1.39. The molecule has 0 bridgehead atoms. The number of aliphatic hydroxyl groups excluding tert-OH is 1. The predicted molar refractivity (Wildman–Crippen MR) is 30.8 cm³/mol. The van der Waals surface area contributed by atoms with Gasteiger partial charge in [-0.05, 0) is 11.5 Å². The normalized spacial score (nSPS) is 13.6. The fourth-order valence-electron chi connectivity index (χ4n) is 0.396. The van der Waals surface area contributed by atoms with E-state index in [1.54, 1.807) is 0 Å². The van der Waals surface area contributed by atoms with Gasteiger partial charge in [-0.2, -0.15) is 0 Å². The van der Waals surface area contributed by atoms with Gasteiger partial charge in [0.25, 0.3) is 0 Å². The zero-order chi connectivity index (χ0) is 6.69. The topological polar surface area (TPSA) is 46.0 Å². The summed E-state index contributed by atoms with van der Waals surface area (Å²) < 4.78 is 15.1. The van der Waals surface area contributed by atoms with E-state index in [1.165, 1.54) is 5.38 Å². The first kappa shape index (κ1) is 6.57. The lowest BCUT2D eigenvalue weighted by atomic mass is 10.3. The highest BCUT2D eigenvalue weighted by molar-refractivity contribution is 7.03. The summed E-state index contributed by atoms with van der Waals surface area (Å²) in [7, 11) is 0. The van der Waals surface area contributed by atoms with E-state index < -0.39 is 12.8 Å². The van der Waals surface area contributed by atoms with Crippen LogP contribution in [0.2, 0.25) is 0 Å². The van der Waals surface area contributed by atoms with Crippen molar-refractivity contribution in [3.05, 3.63) is 11.1 Å². The highest BCUT2D eigenvalue weighted by atomic mass is 32.1. The van der Waals surface area contributed by atoms with Gasteiger partial charge in [-0.25, -0.2) is 4.39 Å². The van der Waals surface area contributed by atoms with Crippen LogP contribution in [0.15, 0.2) is 5.38 Å². The van der Waals surface area contributed by atoms with Gasteiger partial charge in [0.2, 0.25) is 0 Å². The van der Waals surface area contributed by atoms with Crippen LogP contribution in [0.3, 0.4) is 0 Å². The van der Waals surface area contributed by atoms with Gasteiger partial charge in [-0.1, -0.05) is 4.49 Å². The summed E-state index contributed by atoms with van der Waals surface area (Å²) >= 11 is 1.10. The molecule has 3 nitrogen and oxygen atoms in total. The van der Waals surface area contributed by atoms with Crippen molar-refractivity contribution in [1.29, 1.82) is 0 Å². The van der Waals surface area contributed by atoms with Crippen molar-refractivity contribution in [3.63, 3.8) is 0 Å². The van der Waals surface area contributed by atoms with Crippen molar-refractivity contribution in [3.8, 4) is 0 Å². The Bertz CT molecular complexity index is 167. The Morgan fingerprint density at radius 3 is 3.11 bits per heavy atom. The number of aliphatic hydroxyl groups is 1. The number of aromatic nitrogens is 2. The van der Waals surface area contributed by atoms with Gasteiger partial charge in [0.1, 0.15) is 18.5 Å². The molecule has 1 atom stereocenters. The Morgan fingerprint density at radius 1 is 1.89 bits per heavy atom. The quantitative estimate of drug-likeness (QED) is 0.665. The predicted octanol–water partition coefficient (Wildman–Crippen LogP) is 0.541. The van der Waals surface area contributed by atoms with Gasteiger partial charge >= 0.3 is 0 Å². The lowest BCUT2D eigenvalue weighted by Crippen LogP contribution is -1.98. The molecule has 0 aromatic carbocycles. The largest absolute Gasteiger partial charge is 0.384 e. The smallest absolute Gasteiger partial charge is 0.127 e. The summed E-state index contributed by atoms with van der Waals surface area (Å²) in [5, 5.41) is 13.7. The average Bonchev–Trinajstić information content (AvgIpc) is 2.37. The van der Waals surface area contributed by atoms with E-state index in [0.717, 1.165) is 11.5 Å². The maximum Gasteiger partial charge on any atom is 0.127 e. The summed E-state index contributed by atoms with van der Waals surface area (Å²) in [4.78, 5) is 0. The highest BCUT2D eigenvalue weighted by Crippen LogP contribution is 2.09. The van der Waals surface area contributed by atoms with Crippen molar-refractivity contribution in [1.82, 2.24) is 9.59 Å². The number of rotatable bonds is 2. The Kier molecular flexibility index (Phi) is 2.07. The molecule has 0 aliphatic heterocycles. The third-order valence-electron chi connectivity index (χ3n) is 0.864. The molecule has 0 aliphatic carbocycles. The Labute approximate surface area is 55.3 Å². The van der Waals surface area contributed by atoms with E-state index in [-0.39, 0.29) is 0 Å². The molecule has 0 spiro atoms. The number of nitrogens with zero attached hydrogens (tertiary/aromatic N) is 2. The van der Waals surface area contributed by atoms with Crippen LogP contribution in [-0.4, -0.2) is 21.4 Å². The molecule has 9 heavy (non-hydrogen) atoms. The maximum atomic E-state index is 11.6. The molecule has 1 aromatic rings. The zero-order valence-corrected chi connectivity index (χ0v) is 5.31. The molecule has 1 unspecified atom stereocenters. The molecule has 1 N–H and O–H groups in total. The van der Waals surface area contributed by atoms with Crippen molar-refractivity contribution >= 4 is 11.5 Å². The van der Waals surface area contributed by atoms with Crippen LogP contribution in [0.25, 0.3) is 0 Å². The molecule has 1 heterocycles. The van der Waals surface area contributed by atoms with Crippen LogP contribution in [0, 0.1) is 0 Å². The fourth-order valence-corrected chi connectivity index (χ4v) is 0.897. The minimum absolute atomic E-state index is 0.308. The van der Waals surface area contributed by atoms with E-state index >= 15 is 0 Å². The van der Waals surface area contributed by atoms with E-state index in [0.29, 0.717) is 5.69 Å². The van der Waals surface area contributed by atoms with E-state index in [1.807, 2.05) is 0 Å². The molecular weight excluding hydrogens is 143 g/mol. The van der Waals surface area contributed by atoms with E-state index in [9.17, 15) is 4.39 Å². The van der Waals surface area contributed by atoms with Gasteiger partial charge in [-0.3, -0.25) is 0 Å². The standard InChI is InChI=1S/C4H5FN2OS/c5-1-4(8)3-2-9-7-6-3/h2,4,8H,1H2. The minimum Gasteiger partial charge on any atom is -0.384 e. The molecule has 0 aliphatic rings. The monoisotopic (exact) mass is 148 g/mol. The number of halogens is 1. The Hall–Kier alpha value is -0.550. The summed E-state index contributed by atoms with van der Waals surface area (Å²) in [5.41, 5.74) is 0.308. The maximum absolute atomic E-state index is 11.6. The second-order valence-corrected chi connectivity index (χ2v) is 2.11. The number of alkyl halides is 1. The molecule has 0 amide bonds. The lowest BCUT2D eigenvalue weighted by molar-refractivity contribution is 0.137. The van der Waals surface area contributed by atoms with Gasteiger partial charge < -0.3 is 5.11 Å². The van der Waals surface area contributed by atoms with E-state index in [2.05, 4.69) is 9.59 Å². The van der Waals surface area contributed by atoms with Crippen LogP contribution < -0.4 is 0 Å². The number of hydrogen-bond donors (Lipinski definition) is 1. The van der Waals surface area contributed by atoms with Gasteiger partial charge in [-0.15, -0.1) is 5.10 Å². The molecule has 0 saturated heterocycles. The first-order chi connectivity index (χ1) is 4.34. The van der Waals surface area contributed by atoms with Crippen molar-refractivity contribution in [2.24, 2.45) is 0 Å². The second-order valence-electron chi connectivity index (χ2n) is 1.50. The summed E-state index contributed by atoms with van der Waals surface area (Å²) in [6.45, 7) is -0.800. The molecular formula is C4H5FN2OS. The molecule has 5 heteroatoms. The third kappa shape index (κ3) is 1.43. The zero-order valence-electron chi connectivity index (χ0n) is 4.49. The lowest BCUT2D eigenvalue weighted by Gasteiger charge is -1.96. The van der Waals surface area contributed by atoms with Crippen molar-refractivity contribution in [2.45, 2.75) is 6.10 Å². The Morgan fingerprint density at radius 2 is 2.67 bits per heavy atom. The molecule has 0 fully saturated rings. The number of hydrogen-bond acceptors (Lipinski definition) is 4. The van der Waals surface area contributed by atoms with Crippen LogP contribution >= 0.6 is 11.5 Å². The molecule has 0 radical (unpaired) electrons. The summed E-state index contributed by atoms with van der Waals surface area (Å²) in [5.74, 6) is 0. The summed E-state index contributed by atoms with van der Waals surface area (Å²) in [6.07, 6.45) is -1.09. The molecule has 1 rings (SSSR count). The van der Waals surface area contributed by atoms with Crippen LogP contribution in [-0.2, 0) is 0 Å². The molecule has 0 saturated carbocycles. The Balaban J connectivity index is 2.65. The average molecular weight is 148 g/mol. The van der Waals surface area contributed by atoms with Gasteiger partial charge in [0, 0.05) is 5.38 Å². The SMILES string of the molecule is OC(CF)c1csnn1. The van der Waals surface area contributed by atoms with Crippen LogP contribution in [0.5, 0.6) is 0 Å². The first-order valence-electron chi connectivity index (χ1n) is 2.35. The van der Waals surface area contributed by atoms with Crippen LogP contribution in [0.4, 0.5) is 4.39 Å². The van der Waals surface area contributed by atoms with Gasteiger partial charge in [0.05, 0.1) is 0 Å². The van der Waals surface area contributed by atoms with Gasteiger partial charge in [0.15, 0.2) is 0 Å². The fraction of sp³-hybridized carbons (Fsp3) is 0.500. The van der Waals surface area contributed by atoms with Crippen molar-refractivity contribution < 1.29 is 9.50 Å². The molecule has 1 aromatic heterocycles. The van der Waals surface area contributed by atoms with E-state index in [4.69, 9.17) is 5.11 Å². The first-order valence-corrected chi connectivity index (χ1v) is 3.19. The summed E-state index contributed by atoms with van der Waals surface area (Å²) in [6, 6.07) is 0. The highest BCUT2D eigenvalue weighted by Gasteiger charge is 2.08. The molecule has 50 valence electrons. The van der Waals surface area contributed by atoms with Crippen molar-refractivity contribution in [2.75, 3.05) is 6.67 Å². The second kappa shape index (κ2) is 2.84. The minimum atomic E-state index is -1.09. The van der Waals surface area contributed by atoms with Crippen LogP contribution in [0.1, 0.15) is 11.8 Å².